The summed E-state index contributed by atoms with van der Waals surface area (Å²) in [6.07, 6.45) is 11.2. The molecule has 2 heterocycles. The van der Waals surface area contributed by atoms with E-state index >= 15 is 0 Å². The Hall–Kier alpha value is -2.99. The summed E-state index contributed by atoms with van der Waals surface area (Å²) >= 11 is 0. The van der Waals surface area contributed by atoms with Crippen LogP contribution >= 0.6 is 0 Å². The maximum atomic E-state index is 14.7. The predicted octanol–water partition coefficient (Wildman–Crippen LogP) is 3.65. The highest BCUT2D eigenvalue weighted by Gasteiger charge is 2.36. The lowest BCUT2D eigenvalue weighted by atomic mass is 9.88. The molecule has 176 valence electrons. The second kappa shape index (κ2) is 11.2. The largest absolute Gasteiger partial charge is 0.384 e. The molecule has 0 aromatic heterocycles. The fraction of sp³-hybridized carbons (Fsp3) is 0.440. The summed E-state index contributed by atoms with van der Waals surface area (Å²) in [5.74, 6) is -0.297. The number of halogens is 1. The Labute approximate surface area is 194 Å². The van der Waals surface area contributed by atoms with E-state index in [-0.39, 0.29) is 35.9 Å². The minimum Gasteiger partial charge on any atom is -0.384 e. The molecule has 0 spiro atoms. The quantitative estimate of drug-likeness (QED) is 0.430. The molecule has 2 N–H and O–H groups in total. The summed E-state index contributed by atoms with van der Waals surface area (Å²) in [4.78, 5) is 1.88. The standard InChI is InChI=1S/C25H31FN4O3/c1-4-19(30-12-11-18(13-27)14-28-30)10-9-17(3)15-29-16-20(25(32)33-5-2)24(31)23-21(26)7-6-8-22(23)29/h4,8-11,14,16-17,24-25,31-32H,5-7,12,15H2,1-3H3/b10-9-,19-4+. The van der Waals surface area contributed by atoms with E-state index in [9.17, 15) is 14.6 Å². The third kappa shape index (κ3) is 5.69. The molecule has 8 heteroatoms. The molecule has 3 unspecified atom stereocenters. The van der Waals surface area contributed by atoms with E-state index in [4.69, 9.17) is 10.00 Å². The molecule has 33 heavy (non-hydrogen) atoms. The van der Waals surface area contributed by atoms with E-state index in [1.807, 2.05) is 49.1 Å². The van der Waals surface area contributed by atoms with Gasteiger partial charge in [0.25, 0.3) is 0 Å². The number of hydrazone groups is 1. The molecular weight excluding hydrogens is 423 g/mol. The van der Waals surface area contributed by atoms with Gasteiger partial charge in [0.15, 0.2) is 6.29 Å². The van der Waals surface area contributed by atoms with Crippen molar-refractivity contribution in [1.82, 2.24) is 9.91 Å². The van der Waals surface area contributed by atoms with Crippen molar-refractivity contribution in [1.29, 1.82) is 5.26 Å². The third-order valence-electron chi connectivity index (χ3n) is 5.71. The molecule has 0 aromatic carbocycles. The molecule has 0 radical (unpaired) electrons. The zero-order valence-corrected chi connectivity index (χ0v) is 19.3. The Morgan fingerprint density at radius 3 is 2.88 bits per heavy atom. The normalized spacial score (nSPS) is 23.1. The van der Waals surface area contributed by atoms with Crippen molar-refractivity contribution in [2.75, 3.05) is 19.7 Å². The van der Waals surface area contributed by atoms with Gasteiger partial charge in [0, 0.05) is 42.6 Å². The van der Waals surface area contributed by atoms with Crippen LogP contribution in [0.3, 0.4) is 0 Å². The number of nitriles is 1. The zero-order valence-electron chi connectivity index (χ0n) is 19.3. The minimum absolute atomic E-state index is 0.0584. The SMILES string of the molecule is C/C=C(\C=C/C(C)CN1C=C(C(O)OCC)C(O)C2=C(F)CCC=C21)N1CC=C(C#N)C=N1. The highest BCUT2D eigenvalue weighted by atomic mass is 19.1. The Balaban J connectivity index is 1.77. The first-order valence-electron chi connectivity index (χ1n) is 11.2. The van der Waals surface area contributed by atoms with Gasteiger partial charge in [0.1, 0.15) is 18.0 Å². The van der Waals surface area contributed by atoms with Gasteiger partial charge >= 0.3 is 0 Å². The fourth-order valence-electron chi connectivity index (χ4n) is 4.00. The van der Waals surface area contributed by atoms with Crippen molar-refractivity contribution in [2.24, 2.45) is 11.0 Å². The Morgan fingerprint density at radius 2 is 2.24 bits per heavy atom. The molecule has 0 aromatic rings. The lowest BCUT2D eigenvalue weighted by Gasteiger charge is -2.38. The van der Waals surface area contributed by atoms with Gasteiger partial charge in [-0.1, -0.05) is 25.2 Å². The highest BCUT2D eigenvalue weighted by molar-refractivity contribution is 5.84. The average molecular weight is 455 g/mol. The van der Waals surface area contributed by atoms with E-state index < -0.39 is 12.4 Å². The number of aliphatic hydroxyl groups is 2. The van der Waals surface area contributed by atoms with Crippen LogP contribution in [-0.2, 0) is 4.74 Å². The van der Waals surface area contributed by atoms with Crippen molar-refractivity contribution in [3.05, 3.63) is 70.5 Å². The van der Waals surface area contributed by atoms with Crippen LogP contribution in [0.5, 0.6) is 0 Å². The molecule has 0 bridgehead atoms. The van der Waals surface area contributed by atoms with Crippen LogP contribution in [-0.4, -0.2) is 58.4 Å². The summed E-state index contributed by atoms with van der Waals surface area (Å²) in [5.41, 5.74) is 2.52. The molecule has 1 aliphatic carbocycles. The van der Waals surface area contributed by atoms with Gasteiger partial charge in [-0.15, -0.1) is 0 Å². The number of hydrogen-bond acceptors (Lipinski definition) is 7. The predicted molar refractivity (Wildman–Crippen MR) is 125 cm³/mol. The molecule has 0 saturated heterocycles. The smallest absolute Gasteiger partial charge is 0.181 e. The van der Waals surface area contributed by atoms with Gasteiger partial charge in [0.05, 0.1) is 24.0 Å². The Kier molecular flexibility index (Phi) is 8.39. The molecule has 0 fully saturated rings. The number of nitrogens with zero attached hydrogens (tertiary/aromatic N) is 4. The zero-order chi connectivity index (χ0) is 24.0. The maximum Gasteiger partial charge on any atom is 0.181 e. The van der Waals surface area contributed by atoms with Crippen molar-refractivity contribution < 1.29 is 19.3 Å². The number of rotatable bonds is 8. The van der Waals surface area contributed by atoms with Crippen LogP contribution in [0.25, 0.3) is 0 Å². The van der Waals surface area contributed by atoms with E-state index in [1.54, 1.807) is 18.1 Å². The van der Waals surface area contributed by atoms with E-state index in [1.165, 1.54) is 6.21 Å². The van der Waals surface area contributed by atoms with Gasteiger partial charge in [0.2, 0.25) is 0 Å². The van der Waals surface area contributed by atoms with Gasteiger partial charge in [-0.05, 0) is 38.3 Å². The minimum atomic E-state index is -1.31. The first-order valence-corrected chi connectivity index (χ1v) is 11.2. The molecule has 3 rings (SSSR count). The Bertz CT molecular complexity index is 1000. The lowest BCUT2D eigenvalue weighted by molar-refractivity contribution is -0.0779. The third-order valence-corrected chi connectivity index (χ3v) is 5.71. The van der Waals surface area contributed by atoms with Crippen LogP contribution < -0.4 is 0 Å². The number of hydrogen-bond donors (Lipinski definition) is 2. The van der Waals surface area contributed by atoms with Crippen LogP contribution in [0.15, 0.2) is 75.6 Å². The van der Waals surface area contributed by atoms with Crippen LogP contribution in [0.4, 0.5) is 4.39 Å². The van der Waals surface area contributed by atoms with Crippen LogP contribution in [0.2, 0.25) is 0 Å². The molecule has 0 amide bonds. The van der Waals surface area contributed by atoms with Crippen molar-refractivity contribution in [3.63, 3.8) is 0 Å². The molecular formula is C25H31FN4O3. The summed E-state index contributed by atoms with van der Waals surface area (Å²) in [6.45, 7) is 7.02. The number of ether oxygens (including phenoxy) is 1. The van der Waals surface area contributed by atoms with E-state index in [0.29, 0.717) is 30.8 Å². The van der Waals surface area contributed by atoms with Crippen molar-refractivity contribution >= 4 is 6.21 Å². The monoisotopic (exact) mass is 454 g/mol. The molecule has 2 aliphatic heterocycles. The number of fused-ring (bicyclic) bond motifs is 1. The summed E-state index contributed by atoms with van der Waals surface area (Å²) in [5, 5.41) is 36.2. The van der Waals surface area contributed by atoms with Gasteiger partial charge in [-0.3, -0.25) is 5.01 Å². The second-order valence-electron chi connectivity index (χ2n) is 8.09. The van der Waals surface area contributed by atoms with E-state index in [0.717, 1.165) is 5.70 Å². The maximum absolute atomic E-state index is 14.7. The van der Waals surface area contributed by atoms with Crippen LogP contribution in [0, 0.1) is 17.2 Å². The first-order chi connectivity index (χ1) is 15.9. The second-order valence-corrected chi connectivity index (χ2v) is 8.09. The fourth-order valence-corrected chi connectivity index (χ4v) is 4.00. The average Bonchev–Trinajstić information content (AvgIpc) is 2.81. The van der Waals surface area contributed by atoms with Crippen molar-refractivity contribution in [3.8, 4) is 6.07 Å². The molecule has 7 nitrogen and oxygen atoms in total. The summed E-state index contributed by atoms with van der Waals surface area (Å²) in [7, 11) is 0. The summed E-state index contributed by atoms with van der Waals surface area (Å²) < 4.78 is 20.0. The van der Waals surface area contributed by atoms with Crippen molar-refractivity contribution in [2.45, 2.75) is 46.0 Å². The van der Waals surface area contributed by atoms with Gasteiger partial charge < -0.3 is 19.8 Å². The van der Waals surface area contributed by atoms with E-state index in [2.05, 4.69) is 11.2 Å². The van der Waals surface area contributed by atoms with Crippen LogP contribution in [0.1, 0.15) is 33.6 Å². The number of allylic oxidation sites excluding steroid dienone is 5. The first kappa shape index (κ1) is 24.6. The molecule has 3 atom stereocenters. The lowest BCUT2D eigenvalue weighted by Crippen LogP contribution is -2.38. The molecule has 3 aliphatic rings. The van der Waals surface area contributed by atoms with Gasteiger partial charge in [-0.2, -0.15) is 10.4 Å². The molecule has 0 saturated carbocycles. The topological polar surface area (TPSA) is 92.3 Å². The summed E-state index contributed by atoms with van der Waals surface area (Å²) in [6, 6.07) is 2.08. The highest BCUT2D eigenvalue weighted by Crippen LogP contribution is 2.38. The Morgan fingerprint density at radius 1 is 1.45 bits per heavy atom. The number of aliphatic hydroxyl groups excluding tert-OH is 2. The van der Waals surface area contributed by atoms with Gasteiger partial charge in [-0.25, -0.2) is 4.39 Å².